The molecule has 0 aliphatic heterocycles. The molecule has 0 bridgehead atoms. The molecule has 0 nitrogen and oxygen atoms in total. The second-order valence-corrected chi connectivity index (χ2v) is 3.33. The predicted octanol–water partition coefficient (Wildman–Crippen LogP) is 4.29. The van der Waals surface area contributed by atoms with E-state index in [0.29, 0.717) is 16.5 Å². The summed E-state index contributed by atoms with van der Waals surface area (Å²) < 4.78 is 0. The van der Waals surface area contributed by atoms with Crippen molar-refractivity contribution in [3.8, 4) is 0 Å². The molecule has 1 aromatic carbocycles. The van der Waals surface area contributed by atoms with E-state index in [1.54, 1.807) is 6.08 Å². The minimum Gasteiger partial charge on any atom is -0.0933 e. The molecule has 64 valence electrons. The van der Waals surface area contributed by atoms with Gasteiger partial charge in [-0.1, -0.05) is 46.9 Å². The number of allylic oxidation sites excluding steroid dienone is 1. The Morgan fingerprint density at radius 3 is 2.25 bits per heavy atom. The third-order valence-corrected chi connectivity index (χ3v) is 2.36. The van der Waals surface area contributed by atoms with E-state index in [4.69, 9.17) is 34.8 Å². The first kappa shape index (κ1) is 9.91. The van der Waals surface area contributed by atoms with E-state index >= 15 is 0 Å². The smallest absolute Gasteiger partial charge is 0.0456 e. The molecule has 1 rings (SSSR count). The highest BCUT2D eigenvalue weighted by Gasteiger charge is 2.01. The van der Waals surface area contributed by atoms with Gasteiger partial charge in [-0.25, -0.2) is 0 Å². The summed E-state index contributed by atoms with van der Waals surface area (Å²) >= 11 is 17.2. The van der Waals surface area contributed by atoms with Gasteiger partial charge in [-0.15, -0.1) is 0 Å². The highest BCUT2D eigenvalue weighted by molar-refractivity contribution is 6.36. The van der Waals surface area contributed by atoms with Crippen LogP contribution >= 0.6 is 34.8 Å². The molecule has 0 aromatic heterocycles. The first-order valence-electron chi connectivity index (χ1n) is 3.44. The first-order chi connectivity index (χ1) is 5.75. The van der Waals surface area contributed by atoms with Gasteiger partial charge >= 0.3 is 0 Å². The number of halogens is 3. The molecule has 3 heteroatoms. The highest BCUT2D eigenvalue weighted by Crippen LogP contribution is 2.24. The molecule has 0 saturated heterocycles. The van der Waals surface area contributed by atoms with Crippen LogP contribution in [-0.2, 0) is 6.42 Å². The van der Waals surface area contributed by atoms with Crippen LogP contribution in [0, 0.1) is 0 Å². The van der Waals surface area contributed by atoms with Gasteiger partial charge in [-0.05, 0) is 24.1 Å². The van der Waals surface area contributed by atoms with Gasteiger partial charge in [0.05, 0.1) is 0 Å². The summed E-state index contributed by atoms with van der Waals surface area (Å²) in [4.78, 5) is 0. The van der Waals surface area contributed by atoms with Gasteiger partial charge < -0.3 is 0 Å². The molecular weight excluding hydrogens is 214 g/mol. The van der Waals surface area contributed by atoms with E-state index in [1.165, 1.54) is 5.54 Å². The molecule has 0 radical (unpaired) electrons. The summed E-state index contributed by atoms with van der Waals surface area (Å²) in [5.41, 5.74) is 2.37. The third-order valence-electron chi connectivity index (χ3n) is 1.47. The summed E-state index contributed by atoms with van der Waals surface area (Å²) in [5.74, 6) is 0. The van der Waals surface area contributed by atoms with Crippen LogP contribution in [0.3, 0.4) is 0 Å². The lowest BCUT2D eigenvalue weighted by Crippen LogP contribution is -1.83. The summed E-state index contributed by atoms with van der Waals surface area (Å²) in [5, 5.41) is 1.36. The molecule has 0 amide bonds. The second-order valence-electron chi connectivity index (χ2n) is 2.27. The topological polar surface area (TPSA) is 0 Å². The summed E-state index contributed by atoms with van der Waals surface area (Å²) in [6, 6.07) is 5.44. The molecular formula is C9H7Cl3. The van der Waals surface area contributed by atoms with Gasteiger partial charge in [-0.2, -0.15) is 0 Å². The highest BCUT2D eigenvalue weighted by atomic mass is 35.5. The standard InChI is InChI=1S/C9H7Cl3/c10-6-2-3-7-8(11)4-1-5-9(7)12/h1-2,4-6H,3H2/b6-2+. The van der Waals surface area contributed by atoms with Crippen LogP contribution in [0.1, 0.15) is 5.56 Å². The monoisotopic (exact) mass is 220 g/mol. The Bertz CT molecular complexity index is 272. The van der Waals surface area contributed by atoms with Crippen molar-refractivity contribution in [1.29, 1.82) is 0 Å². The molecule has 1 aromatic rings. The normalized spacial score (nSPS) is 10.9. The Hall–Kier alpha value is -0.170. The van der Waals surface area contributed by atoms with E-state index in [9.17, 15) is 0 Å². The van der Waals surface area contributed by atoms with Gasteiger partial charge in [0.1, 0.15) is 0 Å². The Morgan fingerprint density at radius 1 is 1.17 bits per heavy atom. The molecule has 12 heavy (non-hydrogen) atoms. The second kappa shape index (κ2) is 4.76. The largest absolute Gasteiger partial charge is 0.0933 e. The molecule has 0 unspecified atom stereocenters. The van der Waals surface area contributed by atoms with E-state index in [1.807, 2.05) is 18.2 Å². The maximum Gasteiger partial charge on any atom is 0.0456 e. The van der Waals surface area contributed by atoms with Crippen LogP contribution in [0.5, 0.6) is 0 Å². The average molecular weight is 222 g/mol. The van der Waals surface area contributed by atoms with Crippen LogP contribution in [0.15, 0.2) is 29.8 Å². The quantitative estimate of drug-likeness (QED) is 0.699. The maximum atomic E-state index is 5.90. The van der Waals surface area contributed by atoms with Crippen molar-refractivity contribution in [3.05, 3.63) is 45.4 Å². The summed E-state index contributed by atoms with van der Waals surface area (Å²) in [7, 11) is 0. The fraction of sp³-hybridized carbons (Fsp3) is 0.111. The third kappa shape index (κ3) is 2.41. The van der Waals surface area contributed by atoms with Crippen LogP contribution in [-0.4, -0.2) is 0 Å². The van der Waals surface area contributed by atoms with Crippen molar-refractivity contribution >= 4 is 34.8 Å². The molecule has 0 atom stereocenters. The van der Waals surface area contributed by atoms with Crippen molar-refractivity contribution in [2.45, 2.75) is 6.42 Å². The van der Waals surface area contributed by atoms with E-state index in [0.717, 1.165) is 5.56 Å². The Balaban J connectivity index is 2.96. The summed E-state index contributed by atoms with van der Waals surface area (Å²) in [6.07, 6.45) is 2.47. The summed E-state index contributed by atoms with van der Waals surface area (Å²) in [6.45, 7) is 0. The van der Waals surface area contributed by atoms with E-state index < -0.39 is 0 Å². The molecule has 0 fully saturated rings. The van der Waals surface area contributed by atoms with E-state index in [-0.39, 0.29) is 0 Å². The van der Waals surface area contributed by atoms with Crippen LogP contribution in [0.4, 0.5) is 0 Å². The molecule has 0 aliphatic rings. The van der Waals surface area contributed by atoms with Crippen molar-refractivity contribution in [2.24, 2.45) is 0 Å². The lowest BCUT2D eigenvalue weighted by atomic mass is 10.1. The predicted molar refractivity (Wildman–Crippen MR) is 55.2 cm³/mol. The number of rotatable bonds is 2. The zero-order chi connectivity index (χ0) is 8.97. The van der Waals surface area contributed by atoms with Gasteiger partial charge in [0, 0.05) is 15.6 Å². The van der Waals surface area contributed by atoms with Crippen LogP contribution < -0.4 is 0 Å². The zero-order valence-electron chi connectivity index (χ0n) is 6.23. The molecule has 0 saturated carbocycles. The molecule has 0 heterocycles. The lowest BCUT2D eigenvalue weighted by Gasteiger charge is -2.02. The van der Waals surface area contributed by atoms with Crippen LogP contribution in [0.25, 0.3) is 0 Å². The van der Waals surface area contributed by atoms with Gasteiger partial charge in [-0.3, -0.25) is 0 Å². The molecule has 0 aliphatic carbocycles. The lowest BCUT2D eigenvalue weighted by molar-refractivity contribution is 1.28. The van der Waals surface area contributed by atoms with Gasteiger partial charge in [0.2, 0.25) is 0 Å². The zero-order valence-corrected chi connectivity index (χ0v) is 8.50. The number of hydrogen-bond donors (Lipinski definition) is 0. The van der Waals surface area contributed by atoms with Crippen molar-refractivity contribution in [2.75, 3.05) is 0 Å². The minimum absolute atomic E-state index is 0.669. The maximum absolute atomic E-state index is 5.90. The Kier molecular flexibility index (Phi) is 3.93. The average Bonchev–Trinajstić information content (AvgIpc) is 2.04. The minimum atomic E-state index is 0.669. The fourth-order valence-corrected chi connectivity index (χ4v) is 1.53. The Morgan fingerprint density at radius 2 is 1.75 bits per heavy atom. The molecule has 0 spiro atoms. The van der Waals surface area contributed by atoms with E-state index in [2.05, 4.69) is 0 Å². The van der Waals surface area contributed by atoms with Crippen molar-refractivity contribution < 1.29 is 0 Å². The SMILES string of the molecule is Cl/C=C/Cc1c(Cl)cccc1Cl. The van der Waals surface area contributed by atoms with Gasteiger partial charge in [0.25, 0.3) is 0 Å². The number of hydrogen-bond acceptors (Lipinski definition) is 0. The number of benzene rings is 1. The first-order valence-corrected chi connectivity index (χ1v) is 4.63. The Labute approximate surface area is 86.7 Å². The van der Waals surface area contributed by atoms with Crippen molar-refractivity contribution in [3.63, 3.8) is 0 Å². The van der Waals surface area contributed by atoms with Gasteiger partial charge in [0.15, 0.2) is 0 Å². The van der Waals surface area contributed by atoms with Crippen LogP contribution in [0.2, 0.25) is 10.0 Å². The fourth-order valence-electron chi connectivity index (χ4n) is 0.890. The molecule has 0 N–H and O–H groups in total. The van der Waals surface area contributed by atoms with Crippen molar-refractivity contribution in [1.82, 2.24) is 0 Å².